The molecule has 3 N–H and O–H groups in total. The van der Waals surface area contributed by atoms with Gasteiger partial charge in [-0.2, -0.15) is 15.5 Å². The number of amides is 1. The Hall–Kier alpha value is -4.51. The number of hydrogen-bond acceptors (Lipinski definition) is 9. The molecule has 4 aromatic heterocycles. The molecule has 13 nitrogen and oxygen atoms in total. The highest BCUT2D eigenvalue weighted by atomic mass is 19.1. The number of anilines is 2. The molecule has 38 heavy (non-hydrogen) atoms. The Morgan fingerprint density at radius 1 is 1.39 bits per heavy atom. The summed E-state index contributed by atoms with van der Waals surface area (Å²) in [6.45, 7) is -0.0553. The molecule has 1 amide bonds. The summed E-state index contributed by atoms with van der Waals surface area (Å²) in [6, 6.07) is 5.48. The second-order valence-corrected chi connectivity index (χ2v) is 10.1. The summed E-state index contributed by atoms with van der Waals surface area (Å²) >= 11 is 0. The number of aromatic amines is 1. The Morgan fingerprint density at radius 2 is 2.24 bits per heavy atom. The molecule has 3 aliphatic carbocycles. The molecule has 0 unspecified atom stereocenters. The first-order valence-corrected chi connectivity index (χ1v) is 12.2. The number of alkyl halides is 1. The molecule has 0 aromatic carbocycles. The predicted molar refractivity (Wildman–Crippen MR) is 129 cm³/mol. The van der Waals surface area contributed by atoms with Crippen LogP contribution in [-0.2, 0) is 16.5 Å². The van der Waals surface area contributed by atoms with Crippen molar-refractivity contribution in [3.05, 3.63) is 42.1 Å². The lowest BCUT2D eigenvalue weighted by atomic mass is 9.50. The van der Waals surface area contributed by atoms with E-state index in [1.807, 2.05) is 12.1 Å². The van der Waals surface area contributed by atoms with Crippen molar-refractivity contribution in [1.82, 2.24) is 39.7 Å². The van der Waals surface area contributed by atoms with Crippen LogP contribution in [0.4, 0.5) is 21.0 Å². The van der Waals surface area contributed by atoms with Gasteiger partial charge in [-0.15, -0.1) is 0 Å². The first-order valence-electron chi connectivity index (χ1n) is 12.2. The van der Waals surface area contributed by atoms with Gasteiger partial charge in [0.15, 0.2) is 29.4 Å². The van der Waals surface area contributed by atoms with Crippen molar-refractivity contribution in [2.45, 2.75) is 43.2 Å². The average Bonchev–Trinajstić information content (AvgIpc) is 3.64. The first kappa shape index (κ1) is 22.7. The average molecular weight is 519 g/mol. The maximum atomic E-state index is 15.2. The van der Waals surface area contributed by atoms with E-state index >= 15 is 4.39 Å². The van der Waals surface area contributed by atoms with Crippen LogP contribution in [0, 0.1) is 17.2 Å². The number of ether oxygens (including phenoxy) is 2. The van der Waals surface area contributed by atoms with Gasteiger partial charge in [0.1, 0.15) is 12.2 Å². The van der Waals surface area contributed by atoms with Crippen LogP contribution in [0.3, 0.4) is 0 Å². The number of nitriles is 1. The number of fused-ring (bicyclic) bond motifs is 1. The van der Waals surface area contributed by atoms with Crippen molar-refractivity contribution < 1.29 is 18.7 Å². The normalized spacial score (nSPS) is 27.4. The summed E-state index contributed by atoms with van der Waals surface area (Å²) < 4.78 is 29.5. The number of rotatable bonds is 6. The molecule has 4 fully saturated rings. The number of halogens is 1. The highest BCUT2D eigenvalue weighted by molar-refractivity contribution is 5.77. The molecule has 14 heteroatoms. The topological polar surface area (TPSA) is 160 Å². The largest absolute Gasteiger partial charge is 0.441 e. The van der Waals surface area contributed by atoms with Gasteiger partial charge in [0, 0.05) is 31.0 Å². The van der Waals surface area contributed by atoms with E-state index < -0.39 is 24.5 Å². The number of imidazole rings is 1. The molecule has 2 bridgehead atoms. The fourth-order valence-corrected chi connectivity index (χ4v) is 5.56. The quantitative estimate of drug-likeness (QED) is 0.348. The Kier molecular flexibility index (Phi) is 4.92. The third-order valence-corrected chi connectivity index (χ3v) is 7.59. The van der Waals surface area contributed by atoms with Gasteiger partial charge in [0.25, 0.3) is 0 Å². The second kappa shape index (κ2) is 8.25. The lowest BCUT2D eigenvalue weighted by molar-refractivity contribution is -0.0528. The van der Waals surface area contributed by atoms with E-state index in [1.165, 1.54) is 0 Å². The number of carbonyl (C=O) groups excluding carboxylic acids is 1. The lowest BCUT2D eigenvalue weighted by Gasteiger charge is -2.61. The molecule has 3 atom stereocenters. The predicted octanol–water partition coefficient (Wildman–Crippen LogP) is 2.52. The van der Waals surface area contributed by atoms with Gasteiger partial charge in [-0.25, -0.2) is 19.2 Å². The SMILES string of the molecule is Cn1nccc1-c1cnc(Nc2cc([C@@H]3OC[C@H](OC(=O)NC45CC(C4)C5)[C@@H]3F)[nH]n2)n2cc(C#N)nc12. The lowest BCUT2D eigenvalue weighted by Crippen LogP contribution is -2.68. The molecule has 1 aliphatic heterocycles. The van der Waals surface area contributed by atoms with E-state index in [1.54, 1.807) is 40.8 Å². The minimum Gasteiger partial charge on any atom is -0.441 e. The van der Waals surface area contributed by atoms with Crippen molar-refractivity contribution in [3.8, 4) is 17.3 Å². The fraction of sp³-hybridized carbons (Fsp3) is 0.417. The number of carbonyl (C=O) groups is 1. The summed E-state index contributed by atoms with van der Waals surface area (Å²) in [4.78, 5) is 21.2. The van der Waals surface area contributed by atoms with E-state index in [4.69, 9.17) is 9.47 Å². The Morgan fingerprint density at radius 3 is 2.95 bits per heavy atom. The first-order chi connectivity index (χ1) is 18.4. The van der Waals surface area contributed by atoms with Gasteiger partial charge >= 0.3 is 6.09 Å². The van der Waals surface area contributed by atoms with Gasteiger partial charge in [-0.1, -0.05) is 0 Å². The molecule has 0 radical (unpaired) electrons. The molecular weight excluding hydrogens is 495 g/mol. The number of nitrogens with zero attached hydrogens (tertiary/aromatic N) is 7. The number of alkyl carbamates (subject to hydrolysis) is 1. The molecule has 8 rings (SSSR count). The summed E-state index contributed by atoms with van der Waals surface area (Å²) in [7, 11) is 1.80. The highest BCUT2D eigenvalue weighted by Crippen LogP contribution is 2.57. The maximum absolute atomic E-state index is 15.2. The smallest absolute Gasteiger partial charge is 0.408 e. The van der Waals surface area contributed by atoms with Crippen LogP contribution in [0.15, 0.2) is 30.7 Å². The zero-order valence-electron chi connectivity index (χ0n) is 20.3. The van der Waals surface area contributed by atoms with E-state index in [2.05, 4.69) is 35.9 Å². The van der Waals surface area contributed by atoms with Crippen LogP contribution < -0.4 is 10.6 Å². The highest BCUT2D eigenvalue weighted by Gasteiger charge is 2.58. The number of hydrogen-bond donors (Lipinski definition) is 3. The number of aryl methyl sites for hydroxylation is 1. The van der Waals surface area contributed by atoms with Gasteiger partial charge in [0.05, 0.1) is 29.8 Å². The standard InChI is InChI=1S/C24H23FN10O3/c1-34-16(2-3-28-34)14-9-27-22(35-10-13(8-26)29-21(14)35)30-18-4-15(32-33-18)20-19(25)17(11-37-20)38-23(36)31-24-5-12(6-24)7-24/h2-4,9-10,12,17,19-20H,5-7,11H2,1H3,(H,31,36)(H2,27,30,32,33)/t12?,17-,19-,20-,24?/m0/s1. The van der Waals surface area contributed by atoms with Crippen molar-refractivity contribution in [2.24, 2.45) is 13.0 Å². The Balaban J connectivity index is 1.07. The Bertz CT molecular complexity index is 1590. The summed E-state index contributed by atoms with van der Waals surface area (Å²) in [5.41, 5.74) is 2.46. The zero-order valence-corrected chi connectivity index (χ0v) is 20.3. The molecule has 1 saturated heterocycles. The fourth-order valence-electron chi connectivity index (χ4n) is 5.56. The van der Waals surface area contributed by atoms with Crippen molar-refractivity contribution in [1.29, 1.82) is 5.26 Å². The monoisotopic (exact) mass is 518 g/mol. The summed E-state index contributed by atoms with van der Waals surface area (Å²) in [6.07, 6.45) is 3.64. The Labute approximate surface area is 215 Å². The molecule has 3 saturated carbocycles. The number of nitrogens with one attached hydrogen (secondary N) is 3. The second-order valence-electron chi connectivity index (χ2n) is 10.1. The summed E-state index contributed by atoms with van der Waals surface area (Å²) in [5.74, 6) is 1.42. The molecule has 4 aromatic rings. The van der Waals surface area contributed by atoms with Gasteiger partial charge in [-0.05, 0) is 31.2 Å². The van der Waals surface area contributed by atoms with Gasteiger partial charge in [0.2, 0.25) is 5.95 Å². The van der Waals surface area contributed by atoms with Gasteiger partial charge in [-0.3, -0.25) is 14.2 Å². The molecule has 5 heterocycles. The zero-order chi connectivity index (χ0) is 26.0. The van der Waals surface area contributed by atoms with E-state index in [0.29, 0.717) is 34.6 Å². The van der Waals surface area contributed by atoms with E-state index in [-0.39, 0.29) is 17.8 Å². The van der Waals surface area contributed by atoms with E-state index in [0.717, 1.165) is 25.0 Å². The van der Waals surface area contributed by atoms with Crippen LogP contribution in [0.2, 0.25) is 0 Å². The third-order valence-electron chi connectivity index (χ3n) is 7.59. The van der Waals surface area contributed by atoms with Crippen molar-refractivity contribution >= 4 is 23.5 Å². The summed E-state index contributed by atoms with van der Waals surface area (Å²) in [5, 5.41) is 26.6. The minimum atomic E-state index is -1.56. The van der Waals surface area contributed by atoms with Gasteiger partial charge < -0.3 is 20.1 Å². The van der Waals surface area contributed by atoms with Crippen LogP contribution >= 0.6 is 0 Å². The number of H-pyrrole nitrogens is 1. The van der Waals surface area contributed by atoms with Crippen LogP contribution in [0.5, 0.6) is 0 Å². The van der Waals surface area contributed by atoms with E-state index in [9.17, 15) is 10.1 Å². The molecule has 194 valence electrons. The van der Waals surface area contributed by atoms with Crippen LogP contribution in [0.1, 0.15) is 36.8 Å². The minimum absolute atomic E-state index is 0.0553. The third kappa shape index (κ3) is 3.58. The number of aromatic nitrogens is 7. The van der Waals surface area contributed by atoms with Crippen LogP contribution in [0.25, 0.3) is 16.9 Å². The maximum Gasteiger partial charge on any atom is 0.408 e. The van der Waals surface area contributed by atoms with Crippen molar-refractivity contribution in [3.63, 3.8) is 0 Å². The van der Waals surface area contributed by atoms with Crippen LogP contribution in [-0.4, -0.2) is 64.9 Å². The molecule has 4 aliphatic rings. The molecular formula is C24H23FN10O3. The van der Waals surface area contributed by atoms with Crippen molar-refractivity contribution in [2.75, 3.05) is 11.9 Å². The molecule has 0 spiro atoms.